The monoisotopic (exact) mass is 290 g/mol. The number of aryl methyl sites for hydroxylation is 1. The Kier molecular flexibility index (Phi) is 3.84. The quantitative estimate of drug-likeness (QED) is 0.581. The highest BCUT2D eigenvalue weighted by atomic mass is 15.0. The van der Waals surface area contributed by atoms with Crippen molar-refractivity contribution in [1.29, 1.82) is 0 Å². The first-order valence-electron chi connectivity index (χ1n) is 7.89. The van der Waals surface area contributed by atoms with Gasteiger partial charge in [0.2, 0.25) is 0 Å². The predicted molar refractivity (Wildman–Crippen MR) is 98.0 cm³/mol. The highest BCUT2D eigenvalue weighted by Gasteiger charge is 2.11. The summed E-state index contributed by atoms with van der Waals surface area (Å²) in [5.74, 6) is 0. The first-order chi connectivity index (χ1) is 10.7. The van der Waals surface area contributed by atoms with Gasteiger partial charge >= 0.3 is 0 Å². The third kappa shape index (κ3) is 2.25. The highest BCUT2D eigenvalue weighted by Crippen LogP contribution is 2.31. The number of rotatable bonds is 4. The molecular weight excluding hydrogens is 268 g/mol. The molecule has 0 aliphatic heterocycles. The fraction of sp³-hybridized carbons (Fsp3) is 0.250. The number of nitrogens with zero attached hydrogens (tertiary/aromatic N) is 2. The molecule has 0 atom stereocenters. The Labute approximate surface area is 131 Å². The maximum atomic E-state index is 4.54. The van der Waals surface area contributed by atoms with Crippen molar-refractivity contribution in [2.45, 2.75) is 27.3 Å². The molecule has 2 heteroatoms. The van der Waals surface area contributed by atoms with E-state index in [1.54, 1.807) is 0 Å². The van der Waals surface area contributed by atoms with Crippen molar-refractivity contribution in [1.82, 2.24) is 4.57 Å². The Morgan fingerprint density at radius 2 is 1.77 bits per heavy atom. The van der Waals surface area contributed by atoms with Crippen LogP contribution in [0.3, 0.4) is 0 Å². The summed E-state index contributed by atoms with van der Waals surface area (Å²) in [4.78, 5) is 4.54. The second-order valence-corrected chi connectivity index (χ2v) is 5.52. The third-order valence-electron chi connectivity index (χ3n) is 4.25. The van der Waals surface area contributed by atoms with E-state index in [0.29, 0.717) is 0 Å². The minimum absolute atomic E-state index is 0.821. The summed E-state index contributed by atoms with van der Waals surface area (Å²) < 4.78 is 2.37. The number of aromatic nitrogens is 1. The minimum atomic E-state index is 0.821. The molecule has 2 aromatic carbocycles. The predicted octanol–water partition coefficient (Wildman–Crippen LogP) is 5.29. The number of hydrogen-bond donors (Lipinski definition) is 0. The molecule has 2 nitrogen and oxygen atoms in total. The molecule has 0 aliphatic rings. The first kappa shape index (κ1) is 14.6. The van der Waals surface area contributed by atoms with E-state index in [9.17, 15) is 0 Å². The van der Waals surface area contributed by atoms with E-state index >= 15 is 0 Å². The maximum absolute atomic E-state index is 4.54. The average molecular weight is 290 g/mol. The molecule has 22 heavy (non-hydrogen) atoms. The molecule has 0 radical (unpaired) electrons. The van der Waals surface area contributed by atoms with Crippen molar-refractivity contribution in [3.05, 3.63) is 54.1 Å². The minimum Gasteiger partial charge on any atom is -0.341 e. The zero-order valence-corrected chi connectivity index (χ0v) is 13.6. The number of hydrogen-bond acceptors (Lipinski definition) is 1. The van der Waals surface area contributed by atoms with E-state index in [4.69, 9.17) is 0 Å². The number of aliphatic imine (C=N–C) groups is 1. The standard InChI is InChI=1S/C20H22N2/c1-5-15-8-10-19-17(12-15)18-13-16(14(4)21-6-2)9-11-20(18)22(19)7-3/h5,8-13H,1,6-7H2,2-4H3/b21-14+. The Hall–Kier alpha value is -2.35. The van der Waals surface area contributed by atoms with Gasteiger partial charge < -0.3 is 4.57 Å². The summed E-state index contributed by atoms with van der Waals surface area (Å²) in [6, 6.07) is 13.2. The van der Waals surface area contributed by atoms with Gasteiger partial charge in [-0.15, -0.1) is 0 Å². The largest absolute Gasteiger partial charge is 0.341 e. The summed E-state index contributed by atoms with van der Waals surface area (Å²) >= 11 is 0. The van der Waals surface area contributed by atoms with Gasteiger partial charge in [-0.05, 0) is 56.2 Å². The topological polar surface area (TPSA) is 17.3 Å². The zero-order chi connectivity index (χ0) is 15.7. The molecular formula is C20H22N2. The Bertz CT molecular complexity index is 881. The maximum Gasteiger partial charge on any atom is 0.0491 e. The lowest BCUT2D eigenvalue weighted by Gasteiger charge is -2.04. The van der Waals surface area contributed by atoms with Crippen LogP contribution in [-0.4, -0.2) is 16.8 Å². The second kappa shape index (κ2) is 5.80. The highest BCUT2D eigenvalue weighted by molar-refractivity contribution is 6.11. The van der Waals surface area contributed by atoms with Crippen LogP contribution in [0.2, 0.25) is 0 Å². The molecule has 3 rings (SSSR count). The van der Waals surface area contributed by atoms with E-state index in [0.717, 1.165) is 24.4 Å². The fourth-order valence-electron chi connectivity index (χ4n) is 3.14. The van der Waals surface area contributed by atoms with Gasteiger partial charge in [0.1, 0.15) is 0 Å². The Balaban J connectivity index is 2.36. The molecule has 0 N–H and O–H groups in total. The Morgan fingerprint density at radius 1 is 1.09 bits per heavy atom. The molecule has 0 saturated heterocycles. The summed E-state index contributed by atoms with van der Waals surface area (Å²) in [5, 5.41) is 2.59. The number of benzene rings is 2. The van der Waals surface area contributed by atoms with Gasteiger partial charge in [0, 0.05) is 40.6 Å². The normalized spacial score (nSPS) is 12.2. The van der Waals surface area contributed by atoms with Crippen molar-refractivity contribution in [3.63, 3.8) is 0 Å². The van der Waals surface area contributed by atoms with Gasteiger partial charge in [-0.25, -0.2) is 0 Å². The van der Waals surface area contributed by atoms with E-state index in [1.807, 2.05) is 6.08 Å². The third-order valence-corrected chi connectivity index (χ3v) is 4.25. The molecule has 0 saturated carbocycles. The molecule has 3 aromatic rings. The molecule has 0 bridgehead atoms. The van der Waals surface area contributed by atoms with Crippen molar-refractivity contribution in [2.24, 2.45) is 4.99 Å². The van der Waals surface area contributed by atoms with E-state index in [1.165, 1.54) is 27.4 Å². The second-order valence-electron chi connectivity index (χ2n) is 5.52. The summed E-state index contributed by atoms with van der Waals surface area (Å²) in [6.07, 6.45) is 1.90. The van der Waals surface area contributed by atoms with E-state index < -0.39 is 0 Å². The van der Waals surface area contributed by atoms with Crippen molar-refractivity contribution >= 4 is 33.6 Å². The van der Waals surface area contributed by atoms with Crippen LogP contribution in [-0.2, 0) is 6.54 Å². The lowest BCUT2D eigenvalue weighted by Crippen LogP contribution is -1.96. The van der Waals surface area contributed by atoms with Gasteiger partial charge in [0.15, 0.2) is 0 Å². The number of fused-ring (bicyclic) bond motifs is 3. The van der Waals surface area contributed by atoms with Gasteiger partial charge in [0.05, 0.1) is 0 Å². The van der Waals surface area contributed by atoms with Gasteiger partial charge in [-0.1, -0.05) is 24.8 Å². The van der Waals surface area contributed by atoms with Gasteiger partial charge in [-0.2, -0.15) is 0 Å². The molecule has 0 aliphatic carbocycles. The van der Waals surface area contributed by atoms with E-state index in [-0.39, 0.29) is 0 Å². The molecule has 112 valence electrons. The average Bonchev–Trinajstić information content (AvgIpc) is 2.87. The summed E-state index contributed by atoms with van der Waals surface area (Å²) in [6.45, 7) is 12.0. The molecule has 1 heterocycles. The van der Waals surface area contributed by atoms with Gasteiger partial charge in [0.25, 0.3) is 0 Å². The van der Waals surface area contributed by atoms with Crippen LogP contribution in [0.25, 0.3) is 27.9 Å². The van der Waals surface area contributed by atoms with Crippen LogP contribution in [0.15, 0.2) is 48.0 Å². The van der Waals surface area contributed by atoms with Crippen LogP contribution in [0.5, 0.6) is 0 Å². The lowest BCUT2D eigenvalue weighted by atomic mass is 10.1. The van der Waals surface area contributed by atoms with Crippen LogP contribution in [0.4, 0.5) is 0 Å². The Morgan fingerprint density at radius 3 is 2.41 bits per heavy atom. The molecule has 0 fully saturated rings. The van der Waals surface area contributed by atoms with Crippen LogP contribution < -0.4 is 0 Å². The first-order valence-corrected chi connectivity index (χ1v) is 7.89. The van der Waals surface area contributed by atoms with Crippen LogP contribution >= 0.6 is 0 Å². The van der Waals surface area contributed by atoms with Gasteiger partial charge in [-0.3, -0.25) is 4.99 Å². The molecule has 0 spiro atoms. The molecule has 1 aromatic heterocycles. The zero-order valence-electron chi connectivity index (χ0n) is 13.6. The van der Waals surface area contributed by atoms with Crippen LogP contribution in [0.1, 0.15) is 31.9 Å². The smallest absolute Gasteiger partial charge is 0.0491 e. The molecule has 0 amide bonds. The SMILES string of the molecule is C=Cc1ccc2c(c1)c1cc(/C(C)=N/CC)ccc1n2CC. The van der Waals surface area contributed by atoms with Crippen LogP contribution in [0, 0.1) is 0 Å². The van der Waals surface area contributed by atoms with Crippen molar-refractivity contribution in [2.75, 3.05) is 6.54 Å². The molecule has 0 unspecified atom stereocenters. The summed E-state index contributed by atoms with van der Waals surface area (Å²) in [7, 11) is 0. The van der Waals surface area contributed by atoms with E-state index in [2.05, 4.69) is 73.3 Å². The fourth-order valence-corrected chi connectivity index (χ4v) is 3.14. The van der Waals surface area contributed by atoms with Crippen molar-refractivity contribution in [3.8, 4) is 0 Å². The summed E-state index contributed by atoms with van der Waals surface area (Å²) in [5.41, 5.74) is 6.03. The lowest BCUT2D eigenvalue weighted by molar-refractivity contribution is 0.827. The van der Waals surface area contributed by atoms with Crippen molar-refractivity contribution < 1.29 is 0 Å².